The largest absolute Gasteiger partial charge is 0.493 e. The zero-order valence-electron chi connectivity index (χ0n) is 16.5. The summed E-state index contributed by atoms with van der Waals surface area (Å²) in [7, 11) is 4.44. The van der Waals surface area contributed by atoms with Crippen molar-refractivity contribution in [3.05, 3.63) is 64.9 Å². The molecule has 2 aromatic carbocycles. The fourth-order valence-corrected chi connectivity index (χ4v) is 3.06. The number of amides is 1. The summed E-state index contributed by atoms with van der Waals surface area (Å²) < 4.78 is 17.4. The van der Waals surface area contributed by atoms with Gasteiger partial charge in [-0.25, -0.2) is 4.68 Å². The second kappa shape index (κ2) is 9.20. The Bertz CT molecular complexity index is 1080. The van der Waals surface area contributed by atoms with Crippen molar-refractivity contribution >= 4 is 17.5 Å². The third kappa shape index (κ3) is 4.31. The lowest BCUT2D eigenvalue weighted by atomic mass is 10.1. The van der Waals surface area contributed by atoms with E-state index in [9.17, 15) is 10.1 Å². The number of nitrogens with zero attached hydrogens (tertiary/aromatic N) is 3. The zero-order valence-corrected chi connectivity index (χ0v) is 17.3. The first-order chi connectivity index (χ1) is 14.5. The summed E-state index contributed by atoms with van der Waals surface area (Å²) in [5.41, 5.74) is 1.49. The van der Waals surface area contributed by atoms with Gasteiger partial charge in [0.2, 0.25) is 5.75 Å². The molecular formula is C21H19ClN4O4. The predicted octanol–water partition coefficient (Wildman–Crippen LogP) is 3.55. The van der Waals surface area contributed by atoms with Crippen LogP contribution in [0.2, 0.25) is 5.02 Å². The summed E-state index contributed by atoms with van der Waals surface area (Å²) >= 11 is 6.00. The summed E-state index contributed by atoms with van der Waals surface area (Å²) in [6, 6.07) is 11.4. The number of nitrogens with one attached hydrogen (secondary N) is 1. The maximum Gasteiger partial charge on any atom is 0.255 e. The van der Waals surface area contributed by atoms with Crippen LogP contribution in [0.5, 0.6) is 17.2 Å². The van der Waals surface area contributed by atoms with E-state index in [0.29, 0.717) is 39.1 Å². The highest BCUT2D eigenvalue weighted by atomic mass is 35.5. The van der Waals surface area contributed by atoms with Crippen LogP contribution in [0.4, 0.5) is 0 Å². The van der Waals surface area contributed by atoms with Crippen molar-refractivity contribution in [2.45, 2.75) is 6.04 Å². The van der Waals surface area contributed by atoms with Crippen molar-refractivity contribution in [3.8, 4) is 29.0 Å². The molecule has 1 unspecified atom stereocenters. The number of halogens is 1. The normalized spacial score (nSPS) is 11.3. The monoisotopic (exact) mass is 426 g/mol. The van der Waals surface area contributed by atoms with Gasteiger partial charge in [0.1, 0.15) is 6.04 Å². The van der Waals surface area contributed by atoms with Crippen LogP contribution in [-0.4, -0.2) is 37.0 Å². The van der Waals surface area contributed by atoms with Crippen molar-refractivity contribution in [1.82, 2.24) is 15.1 Å². The molecule has 1 N–H and O–H groups in total. The van der Waals surface area contributed by atoms with Crippen LogP contribution >= 0.6 is 11.6 Å². The van der Waals surface area contributed by atoms with Gasteiger partial charge in [-0.15, -0.1) is 0 Å². The summed E-state index contributed by atoms with van der Waals surface area (Å²) in [4.78, 5) is 12.7. The SMILES string of the molecule is COc1cc(C(C#N)NC(=O)c2cnn(-c3cccc(Cl)c3)c2)cc(OC)c1OC. The lowest BCUT2D eigenvalue weighted by molar-refractivity contribution is 0.0945. The zero-order chi connectivity index (χ0) is 21.7. The smallest absolute Gasteiger partial charge is 0.255 e. The quantitative estimate of drug-likeness (QED) is 0.620. The number of hydrogen-bond acceptors (Lipinski definition) is 6. The lowest BCUT2D eigenvalue weighted by Crippen LogP contribution is -2.27. The second-order valence-electron chi connectivity index (χ2n) is 6.15. The summed E-state index contributed by atoms with van der Waals surface area (Å²) in [6.45, 7) is 0. The molecule has 1 atom stereocenters. The van der Waals surface area contributed by atoms with Crippen molar-refractivity contribution in [1.29, 1.82) is 5.26 Å². The molecular weight excluding hydrogens is 408 g/mol. The molecule has 3 aromatic rings. The van der Waals surface area contributed by atoms with Gasteiger partial charge in [0.05, 0.1) is 44.8 Å². The minimum absolute atomic E-state index is 0.294. The van der Waals surface area contributed by atoms with E-state index < -0.39 is 11.9 Å². The number of methoxy groups -OCH3 is 3. The van der Waals surface area contributed by atoms with E-state index in [-0.39, 0.29) is 0 Å². The molecule has 0 aliphatic rings. The van der Waals surface area contributed by atoms with E-state index in [1.807, 2.05) is 6.07 Å². The highest BCUT2D eigenvalue weighted by molar-refractivity contribution is 6.30. The molecule has 0 spiro atoms. The Morgan fingerprint density at radius 1 is 1.17 bits per heavy atom. The molecule has 30 heavy (non-hydrogen) atoms. The molecule has 0 fully saturated rings. The fourth-order valence-electron chi connectivity index (χ4n) is 2.87. The topological polar surface area (TPSA) is 98.4 Å². The standard InChI is InChI=1S/C21H19ClN4O4/c1-28-18-7-13(8-19(29-2)20(18)30-3)17(10-23)25-21(27)14-11-24-26(12-14)16-6-4-5-15(22)9-16/h4-9,11-12,17H,1-3H3,(H,25,27). The Hall–Kier alpha value is -3.70. The number of rotatable bonds is 7. The van der Waals surface area contributed by atoms with Crippen LogP contribution in [0.1, 0.15) is 22.0 Å². The molecule has 154 valence electrons. The second-order valence-corrected chi connectivity index (χ2v) is 6.58. The fraction of sp³-hybridized carbons (Fsp3) is 0.190. The highest BCUT2D eigenvalue weighted by Crippen LogP contribution is 2.39. The molecule has 0 saturated carbocycles. The molecule has 0 aliphatic carbocycles. The summed E-state index contributed by atoms with van der Waals surface area (Å²) in [5.74, 6) is 0.711. The first-order valence-corrected chi connectivity index (χ1v) is 9.19. The molecule has 0 bridgehead atoms. The van der Waals surface area contributed by atoms with E-state index in [1.54, 1.807) is 36.5 Å². The van der Waals surface area contributed by atoms with Crippen molar-refractivity contribution in [2.75, 3.05) is 21.3 Å². The van der Waals surface area contributed by atoms with Gasteiger partial charge in [0, 0.05) is 11.2 Å². The van der Waals surface area contributed by atoms with Crippen LogP contribution in [0, 0.1) is 11.3 Å². The van der Waals surface area contributed by atoms with Gasteiger partial charge in [-0.1, -0.05) is 17.7 Å². The van der Waals surface area contributed by atoms with E-state index in [0.717, 1.165) is 0 Å². The molecule has 0 aliphatic heterocycles. The number of aromatic nitrogens is 2. The Kier molecular flexibility index (Phi) is 6.45. The average Bonchev–Trinajstić information content (AvgIpc) is 3.26. The third-order valence-corrected chi connectivity index (χ3v) is 4.58. The van der Waals surface area contributed by atoms with Crippen molar-refractivity contribution < 1.29 is 19.0 Å². The number of nitriles is 1. The number of hydrogen-bond donors (Lipinski definition) is 1. The maximum atomic E-state index is 12.7. The molecule has 1 aromatic heterocycles. The van der Waals surface area contributed by atoms with Crippen LogP contribution in [0.3, 0.4) is 0 Å². The van der Waals surface area contributed by atoms with Crippen LogP contribution in [-0.2, 0) is 0 Å². The Morgan fingerprint density at radius 3 is 2.43 bits per heavy atom. The van der Waals surface area contributed by atoms with E-state index in [2.05, 4.69) is 16.5 Å². The molecule has 1 amide bonds. The van der Waals surface area contributed by atoms with Gasteiger partial charge in [-0.3, -0.25) is 4.79 Å². The summed E-state index contributed by atoms with van der Waals surface area (Å²) in [5, 5.41) is 17.1. The van der Waals surface area contributed by atoms with Crippen molar-refractivity contribution in [3.63, 3.8) is 0 Å². The van der Waals surface area contributed by atoms with E-state index in [4.69, 9.17) is 25.8 Å². The molecule has 0 saturated heterocycles. The lowest BCUT2D eigenvalue weighted by Gasteiger charge is -2.17. The van der Waals surface area contributed by atoms with Gasteiger partial charge < -0.3 is 19.5 Å². The first-order valence-electron chi connectivity index (χ1n) is 8.81. The van der Waals surface area contributed by atoms with E-state index in [1.165, 1.54) is 32.2 Å². The Labute approximate surface area is 178 Å². The van der Waals surface area contributed by atoms with Crippen LogP contribution < -0.4 is 19.5 Å². The number of ether oxygens (including phenoxy) is 3. The average molecular weight is 427 g/mol. The number of carbonyl (C=O) groups excluding carboxylic acids is 1. The minimum atomic E-state index is -0.944. The van der Waals surface area contributed by atoms with Gasteiger partial charge in [-0.2, -0.15) is 10.4 Å². The minimum Gasteiger partial charge on any atom is -0.493 e. The van der Waals surface area contributed by atoms with Gasteiger partial charge in [0.15, 0.2) is 11.5 Å². The van der Waals surface area contributed by atoms with E-state index >= 15 is 0 Å². The Balaban J connectivity index is 1.85. The van der Waals surface area contributed by atoms with Crippen LogP contribution in [0.15, 0.2) is 48.8 Å². The number of carbonyl (C=O) groups is 1. The molecule has 8 nitrogen and oxygen atoms in total. The van der Waals surface area contributed by atoms with Gasteiger partial charge >= 0.3 is 0 Å². The van der Waals surface area contributed by atoms with Crippen LogP contribution in [0.25, 0.3) is 5.69 Å². The maximum absolute atomic E-state index is 12.7. The predicted molar refractivity (Wildman–Crippen MR) is 110 cm³/mol. The van der Waals surface area contributed by atoms with Gasteiger partial charge in [0.25, 0.3) is 5.91 Å². The molecule has 1 heterocycles. The molecule has 3 rings (SSSR count). The molecule has 9 heteroatoms. The highest BCUT2D eigenvalue weighted by Gasteiger charge is 2.21. The van der Waals surface area contributed by atoms with Gasteiger partial charge in [-0.05, 0) is 35.9 Å². The summed E-state index contributed by atoms with van der Waals surface area (Å²) in [6.07, 6.45) is 2.98. The Morgan fingerprint density at radius 2 is 1.87 bits per heavy atom. The number of benzene rings is 2. The van der Waals surface area contributed by atoms with Crippen molar-refractivity contribution in [2.24, 2.45) is 0 Å². The first kappa shape index (κ1) is 21.0. The molecule has 0 radical (unpaired) electrons. The third-order valence-electron chi connectivity index (χ3n) is 4.34.